The molecule has 0 saturated carbocycles. The van der Waals surface area contributed by atoms with Crippen LogP contribution < -0.4 is 5.73 Å². The molecule has 0 fully saturated rings. The molecule has 2 aromatic rings. The summed E-state index contributed by atoms with van der Waals surface area (Å²) in [6.45, 7) is 0. The van der Waals surface area contributed by atoms with Crippen LogP contribution in [0.1, 0.15) is 11.5 Å². The first-order chi connectivity index (χ1) is 9.63. The van der Waals surface area contributed by atoms with Crippen LogP contribution in [0.15, 0.2) is 57.9 Å². The lowest BCUT2D eigenvalue weighted by molar-refractivity contribution is 1.14. The van der Waals surface area contributed by atoms with Crippen LogP contribution in [0.5, 0.6) is 0 Å². The molecule has 0 aromatic heterocycles. The number of nitrogens with zero attached hydrogens (tertiary/aromatic N) is 1. The Morgan fingerprint density at radius 2 is 1.85 bits per heavy atom. The van der Waals surface area contributed by atoms with Gasteiger partial charge in [0.1, 0.15) is 5.92 Å². The summed E-state index contributed by atoms with van der Waals surface area (Å²) in [6, 6.07) is 17.0. The maximum absolute atomic E-state index is 9.37. The van der Waals surface area contributed by atoms with Crippen LogP contribution in [0.2, 0.25) is 0 Å². The number of nitrogens with two attached hydrogens (primary N) is 1. The molecule has 3 N–H and O–H groups in total. The zero-order valence-electron chi connectivity index (χ0n) is 10.5. The molecule has 0 spiro atoms. The summed E-state index contributed by atoms with van der Waals surface area (Å²) >= 11 is 4.65. The van der Waals surface area contributed by atoms with Crippen molar-refractivity contribution in [3.63, 3.8) is 0 Å². The molecule has 0 radical (unpaired) electrons. The Morgan fingerprint density at radius 1 is 1.20 bits per heavy atom. The molecule has 0 saturated heterocycles. The predicted octanol–water partition coefficient (Wildman–Crippen LogP) is 4.41. The quantitative estimate of drug-likeness (QED) is 0.374. The lowest BCUT2D eigenvalue weighted by atomic mass is 10.0. The summed E-state index contributed by atoms with van der Waals surface area (Å²) in [4.78, 5) is 0.796. The fourth-order valence-electron chi connectivity index (χ4n) is 1.73. The average Bonchev–Trinajstić information content (AvgIpc) is 2.44. The number of para-hydroxylation sites is 1. The van der Waals surface area contributed by atoms with Crippen molar-refractivity contribution in [3.8, 4) is 6.07 Å². The second-order valence-corrected chi connectivity index (χ2v) is 6.03. The molecule has 2 rings (SSSR count). The van der Waals surface area contributed by atoms with E-state index < -0.39 is 5.92 Å². The van der Waals surface area contributed by atoms with E-state index in [0.717, 1.165) is 14.9 Å². The molecule has 100 valence electrons. The van der Waals surface area contributed by atoms with Gasteiger partial charge in [0.15, 0.2) is 0 Å². The number of halogens is 1. The number of anilines is 1. The van der Waals surface area contributed by atoms with Crippen molar-refractivity contribution < 1.29 is 0 Å². The van der Waals surface area contributed by atoms with Crippen molar-refractivity contribution in [3.05, 3.63) is 58.6 Å². The summed E-state index contributed by atoms with van der Waals surface area (Å²) in [6.07, 6.45) is 0. The van der Waals surface area contributed by atoms with Gasteiger partial charge in [0.25, 0.3) is 0 Å². The number of rotatable bonds is 3. The first kappa shape index (κ1) is 14.6. The average molecular weight is 346 g/mol. The van der Waals surface area contributed by atoms with E-state index in [1.54, 1.807) is 6.07 Å². The minimum absolute atomic E-state index is 0.261. The van der Waals surface area contributed by atoms with Gasteiger partial charge in [-0.2, -0.15) is 5.26 Å². The Bertz CT molecular complexity index is 679. The minimum atomic E-state index is -0.602. The number of nitrogen functional groups attached to an aromatic ring is 1. The third-order valence-corrected chi connectivity index (χ3v) is 4.52. The number of nitriles is 1. The van der Waals surface area contributed by atoms with Crippen LogP contribution in [0, 0.1) is 16.7 Å². The van der Waals surface area contributed by atoms with E-state index in [-0.39, 0.29) is 5.04 Å². The SMILES string of the molecule is N#CC(C(=N)Sc1ccccc1N)c1ccccc1Br. The van der Waals surface area contributed by atoms with Gasteiger partial charge in [-0.05, 0) is 23.8 Å². The van der Waals surface area contributed by atoms with Crippen molar-refractivity contribution in [2.24, 2.45) is 0 Å². The number of hydrogen-bond acceptors (Lipinski definition) is 4. The van der Waals surface area contributed by atoms with Gasteiger partial charge in [-0.3, -0.25) is 5.41 Å². The maximum atomic E-state index is 9.37. The lowest BCUT2D eigenvalue weighted by Crippen LogP contribution is -2.07. The summed E-state index contributed by atoms with van der Waals surface area (Å²) in [5.74, 6) is -0.602. The van der Waals surface area contributed by atoms with E-state index in [4.69, 9.17) is 11.1 Å². The summed E-state index contributed by atoms with van der Waals surface area (Å²) in [7, 11) is 0. The molecular formula is C15H12BrN3S. The molecule has 0 aliphatic carbocycles. The van der Waals surface area contributed by atoms with Gasteiger partial charge in [0.2, 0.25) is 0 Å². The van der Waals surface area contributed by atoms with Crippen LogP contribution in [0.25, 0.3) is 0 Å². The number of hydrogen-bond donors (Lipinski definition) is 2. The van der Waals surface area contributed by atoms with Gasteiger partial charge >= 0.3 is 0 Å². The Hall–Kier alpha value is -1.77. The molecule has 0 amide bonds. The van der Waals surface area contributed by atoms with Gasteiger partial charge in [0, 0.05) is 15.1 Å². The molecule has 2 aromatic carbocycles. The molecule has 0 heterocycles. The van der Waals surface area contributed by atoms with E-state index in [1.165, 1.54) is 11.8 Å². The van der Waals surface area contributed by atoms with Crippen LogP contribution in [0.4, 0.5) is 5.69 Å². The van der Waals surface area contributed by atoms with Crippen molar-refractivity contribution in [2.45, 2.75) is 10.8 Å². The largest absolute Gasteiger partial charge is 0.398 e. The summed E-state index contributed by atoms with van der Waals surface area (Å²) in [5.41, 5.74) is 7.28. The lowest BCUT2D eigenvalue weighted by Gasteiger charge is -2.13. The van der Waals surface area contributed by atoms with E-state index in [1.807, 2.05) is 42.5 Å². The van der Waals surface area contributed by atoms with Gasteiger partial charge in [-0.1, -0.05) is 58.0 Å². The summed E-state index contributed by atoms with van der Waals surface area (Å²) in [5, 5.41) is 17.8. The second kappa shape index (κ2) is 6.60. The highest BCUT2D eigenvalue weighted by Crippen LogP contribution is 2.33. The van der Waals surface area contributed by atoms with Crippen molar-refractivity contribution in [2.75, 3.05) is 5.73 Å². The van der Waals surface area contributed by atoms with Crippen LogP contribution in [-0.2, 0) is 0 Å². The van der Waals surface area contributed by atoms with Crippen molar-refractivity contribution >= 4 is 38.4 Å². The van der Waals surface area contributed by atoms with Crippen molar-refractivity contribution in [1.29, 1.82) is 10.7 Å². The predicted molar refractivity (Wildman–Crippen MR) is 86.9 cm³/mol. The molecule has 0 aliphatic heterocycles. The highest BCUT2D eigenvalue weighted by atomic mass is 79.9. The highest BCUT2D eigenvalue weighted by molar-refractivity contribution is 9.10. The van der Waals surface area contributed by atoms with Crippen LogP contribution in [0.3, 0.4) is 0 Å². The minimum Gasteiger partial charge on any atom is -0.398 e. The van der Waals surface area contributed by atoms with E-state index >= 15 is 0 Å². The molecule has 1 unspecified atom stereocenters. The van der Waals surface area contributed by atoms with Crippen molar-refractivity contribution in [1.82, 2.24) is 0 Å². The smallest absolute Gasteiger partial charge is 0.120 e. The van der Waals surface area contributed by atoms with E-state index in [2.05, 4.69) is 22.0 Å². The zero-order valence-corrected chi connectivity index (χ0v) is 12.9. The Labute approximate surface area is 130 Å². The fraction of sp³-hybridized carbons (Fsp3) is 0.0667. The zero-order chi connectivity index (χ0) is 14.5. The molecular weight excluding hydrogens is 334 g/mol. The topological polar surface area (TPSA) is 73.7 Å². The normalized spacial score (nSPS) is 11.6. The first-order valence-corrected chi connectivity index (χ1v) is 7.49. The first-order valence-electron chi connectivity index (χ1n) is 5.88. The van der Waals surface area contributed by atoms with Gasteiger partial charge in [0.05, 0.1) is 11.1 Å². The molecule has 5 heteroatoms. The van der Waals surface area contributed by atoms with E-state index in [0.29, 0.717) is 5.69 Å². The molecule has 1 atom stereocenters. The molecule has 3 nitrogen and oxygen atoms in total. The third kappa shape index (κ3) is 3.21. The monoisotopic (exact) mass is 345 g/mol. The number of nitrogens with one attached hydrogen (secondary N) is 1. The third-order valence-electron chi connectivity index (χ3n) is 2.75. The Kier molecular flexibility index (Phi) is 4.83. The molecule has 0 aliphatic rings. The maximum Gasteiger partial charge on any atom is 0.120 e. The number of benzene rings is 2. The standard InChI is InChI=1S/C15H12BrN3S/c16-12-6-2-1-5-10(12)11(9-17)15(19)20-14-8-4-3-7-13(14)18/h1-8,11,19H,18H2. The van der Waals surface area contributed by atoms with Crippen LogP contribution in [-0.4, -0.2) is 5.04 Å². The van der Waals surface area contributed by atoms with Crippen LogP contribution >= 0.6 is 27.7 Å². The molecule has 20 heavy (non-hydrogen) atoms. The number of thioether (sulfide) groups is 1. The van der Waals surface area contributed by atoms with Gasteiger partial charge in [-0.25, -0.2) is 0 Å². The second-order valence-electron chi connectivity index (χ2n) is 4.09. The summed E-state index contributed by atoms with van der Waals surface area (Å²) < 4.78 is 0.831. The van der Waals surface area contributed by atoms with Gasteiger partial charge < -0.3 is 5.73 Å². The van der Waals surface area contributed by atoms with Gasteiger partial charge in [-0.15, -0.1) is 0 Å². The Balaban J connectivity index is 2.26. The fourth-order valence-corrected chi connectivity index (χ4v) is 3.11. The Morgan fingerprint density at radius 3 is 2.50 bits per heavy atom. The highest BCUT2D eigenvalue weighted by Gasteiger charge is 2.20. The van der Waals surface area contributed by atoms with E-state index in [9.17, 15) is 5.26 Å². The molecule has 0 bridgehead atoms.